The lowest BCUT2D eigenvalue weighted by Crippen LogP contribution is -2.56. The third-order valence-electron chi connectivity index (χ3n) is 14.4. The van der Waals surface area contributed by atoms with Gasteiger partial charge in [-0.2, -0.15) is 0 Å². The number of halogens is 1. The maximum absolute atomic E-state index is 16.2. The lowest BCUT2D eigenvalue weighted by atomic mass is 9.64. The first-order valence-electron chi connectivity index (χ1n) is 21.3. The molecule has 2 saturated heterocycles. The number of allylic oxidation sites excluding steroid dienone is 8. The number of carbonyl (C=O) groups excluding carboxylic acids is 2. The van der Waals surface area contributed by atoms with Crippen LogP contribution in [0.4, 0.5) is 4.39 Å². The Labute approximate surface area is 338 Å². The molecule has 4 heterocycles. The van der Waals surface area contributed by atoms with Gasteiger partial charge >= 0.3 is 0 Å². The van der Waals surface area contributed by atoms with E-state index in [0.29, 0.717) is 17.0 Å². The average Bonchev–Trinajstić information content (AvgIpc) is 3.77. The van der Waals surface area contributed by atoms with Crippen LogP contribution < -0.4 is 15.4 Å². The van der Waals surface area contributed by atoms with Crippen LogP contribution in [-0.2, 0) is 16.0 Å². The number of hydrogen-bond acceptors (Lipinski definition) is 7. The molecule has 7 aliphatic rings. The molecule has 8 rings (SSSR count). The van der Waals surface area contributed by atoms with E-state index in [-0.39, 0.29) is 47.0 Å². The van der Waals surface area contributed by atoms with Gasteiger partial charge in [0.05, 0.1) is 35.7 Å². The van der Waals surface area contributed by atoms with E-state index in [1.54, 1.807) is 13.2 Å². The van der Waals surface area contributed by atoms with Crippen LogP contribution in [0.15, 0.2) is 88.4 Å². The summed E-state index contributed by atoms with van der Waals surface area (Å²) in [7, 11) is 5.74. The summed E-state index contributed by atoms with van der Waals surface area (Å²) in [6.07, 6.45) is 22.6. The van der Waals surface area contributed by atoms with Crippen molar-refractivity contribution >= 4 is 11.8 Å². The molecule has 4 unspecified atom stereocenters. The van der Waals surface area contributed by atoms with Gasteiger partial charge in [-0.3, -0.25) is 14.5 Å². The van der Waals surface area contributed by atoms with Gasteiger partial charge in [0.2, 0.25) is 11.8 Å². The van der Waals surface area contributed by atoms with Gasteiger partial charge in [0.1, 0.15) is 11.6 Å². The van der Waals surface area contributed by atoms with E-state index < -0.39 is 11.5 Å². The Balaban J connectivity index is 1.01. The zero-order valence-corrected chi connectivity index (χ0v) is 35.2. The molecule has 3 aliphatic heterocycles. The Morgan fingerprint density at radius 1 is 1.16 bits per heavy atom. The summed E-state index contributed by atoms with van der Waals surface area (Å²) in [6, 6.07) is 2.05. The van der Waals surface area contributed by atoms with Crippen molar-refractivity contribution in [3.8, 4) is 5.88 Å². The van der Waals surface area contributed by atoms with Gasteiger partial charge in [0.25, 0.3) is 5.91 Å². The second kappa shape index (κ2) is 15.1. The summed E-state index contributed by atoms with van der Waals surface area (Å²) in [5, 5.41) is 6.70. The number of aromatic nitrogens is 1. The number of nitrogens with one attached hydrogen (secondary N) is 2. The maximum Gasteiger partial charge on any atom is 0.255 e. The van der Waals surface area contributed by atoms with Gasteiger partial charge in [-0.15, -0.1) is 0 Å². The van der Waals surface area contributed by atoms with E-state index in [4.69, 9.17) is 9.72 Å². The predicted molar refractivity (Wildman–Crippen MR) is 222 cm³/mol. The van der Waals surface area contributed by atoms with Crippen molar-refractivity contribution in [1.82, 2.24) is 30.3 Å². The molecule has 1 saturated carbocycles. The first kappa shape index (κ1) is 39.4. The zero-order chi connectivity index (χ0) is 40.4. The molecule has 304 valence electrons. The fourth-order valence-electron chi connectivity index (χ4n) is 11.0. The first-order chi connectivity index (χ1) is 27.3. The number of fused-ring (bicyclic) bond motifs is 1. The zero-order valence-electron chi connectivity index (χ0n) is 35.2. The molecule has 6 atom stereocenters. The number of amides is 2. The Kier molecular flexibility index (Phi) is 10.4. The topological polar surface area (TPSA) is 90.0 Å². The van der Waals surface area contributed by atoms with Crippen molar-refractivity contribution < 1.29 is 18.7 Å². The van der Waals surface area contributed by atoms with Gasteiger partial charge in [-0.25, -0.2) is 9.37 Å². The SMILES string of the molecule is C/C=C1/C(C(=O)NC2C=CC(F)=C(C3=CC=CC(c4cc5c(c(OC)n4)[C@@H](N4CC[C@@]6(CCC(CC)C(=O)N6)C4)CC5)C3(C)C)C2C)=CN(C)C(=C2CCC2)N1C. The number of piperidine rings is 1. The molecule has 3 fully saturated rings. The molecule has 57 heavy (non-hydrogen) atoms. The van der Waals surface area contributed by atoms with Crippen molar-refractivity contribution in [1.29, 1.82) is 0 Å². The number of likely N-dealkylation sites (N-methyl/N-ethyl adjacent to an activating group) is 1. The number of aryl methyl sites for hydroxylation is 1. The van der Waals surface area contributed by atoms with Crippen LogP contribution >= 0.6 is 0 Å². The van der Waals surface area contributed by atoms with Gasteiger partial charge < -0.3 is 25.2 Å². The molecule has 0 bridgehead atoms. The molecule has 2 amide bonds. The highest BCUT2D eigenvalue weighted by molar-refractivity contribution is 5.98. The molecule has 1 aromatic heterocycles. The number of rotatable bonds is 7. The summed E-state index contributed by atoms with van der Waals surface area (Å²) in [6.45, 7) is 12.2. The average molecular weight is 777 g/mol. The van der Waals surface area contributed by atoms with E-state index in [1.807, 2.05) is 52.4 Å². The number of likely N-dealkylation sites (tertiary alicyclic amines) is 1. The standard InChI is InChI=1S/C47H61FN6O3/c1-9-29-21-22-47(51-42(29)55)23-24-54(27-47)39-20-17-31-25-37(50-44(57-8)41(31)39)33-15-12-16-34(46(33,4)5)40-28(3)36(19-18-35(40)48)49-43(56)32-26-52(6)45(30-13-11-14-30)53(7)38(32)10-2/h10,12,15-16,18-19,25-26,28-29,33,36,39H,9,11,13-14,17,20-24,27H2,1-8H3,(H,49,56)(H,51,55)/b38-10-/t28?,29?,33?,36?,39-,47-/m0/s1. The largest absolute Gasteiger partial charge is 0.481 e. The van der Waals surface area contributed by atoms with Crippen molar-refractivity contribution in [3.63, 3.8) is 0 Å². The number of nitrogens with zero attached hydrogens (tertiary/aromatic N) is 4. The van der Waals surface area contributed by atoms with Crippen LogP contribution in [-0.4, -0.2) is 77.4 Å². The quantitative estimate of drug-likeness (QED) is 0.290. The third kappa shape index (κ3) is 6.69. The molecular formula is C47H61FN6O3. The summed E-state index contributed by atoms with van der Waals surface area (Å²) in [5.41, 5.74) is 7.09. The third-order valence-corrected chi connectivity index (χ3v) is 14.4. The second-order valence-corrected chi connectivity index (χ2v) is 18.1. The number of carbonyl (C=O) groups is 2. The Bertz CT molecular complexity index is 2070. The van der Waals surface area contributed by atoms with E-state index in [2.05, 4.69) is 58.2 Å². The smallest absolute Gasteiger partial charge is 0.255 e. The van der Waals surface area contributed by atoms with Crippen molar-refractivity contribution in [3.05, 3.63) is 105 Å². The fraction of sp³-hybridized carbons (Fsp3) is 0.553. The number of ether oxygens (including phenoxy) is 1. The lowest BCUT2D eigenvalue weighted by molar-refractivity contribution is -0.130. The maximum atomic E-state index is 16.2. The van der Waals surface area contributed by atoms with E-state index in [0.717, 1.165) is 87.2 Å². The monoisotopic (exact) mass is 776 g/mol. The molecule has 1 aromatic rings. The van der Waals surface area contributed by atoms with Crippen LogP contribution in [0.3, 0.4) is 0 Å². The highest BCUT2D eigenvalue weighted by atomic mass is 19.1. The number of hydrogen-bond donors (Lipinski definition) is 2. The van der Waals surface area contributed by atoms with Crippen molar-refractivity contribution in [2.45, 2.75) is 116 Å². The molecular weight excluding hydrogens is 716 g/mol. The molecule has 1 spiro atoms. The summed E-state index contributed by atoms with van der Waals surface area (Å²) in [5.74, 6) is 1.26. The van der Waals surface area contributed by atoms with Crippen molar-refractivity contribution in [2.24, 2.45) is 17.3 Å². The number of pyridine rings is 1. The Morgan fingerprint density at radius 2 is 1.95 bits per heavy atom. The molecule has 10 heteroatoms. The minimum atomic E-state index is -0.516. The van der Waals surface area contributed by atoms with Crippen LogP contribution in [0.2, 0.25) is 0 Å². The van der Waals surface area contributed by atoms with Gasteiger partial charge in [-0.05, 0) is 99.1 Å². The molecule has 9 nitrogen and oxygen atoms in total. The molecule has 4 aliphatic carbocycles. The summed E-state index contributed by atoms with van der Waals surface area (Å²) < 4.78 is 22.3. The van der Waals surface area contributed by atoms with Gasteiger partial charge in [-0.1, -0.05) is 58.1 Å². The van der Waals surface area contributed by atoms with E-state index in [1.165, 1.54) is 29.2 Å². The Hall–Kier alpha value is -4.44. The summed E-state index contributed by atoms with van der Waals surface area (Å²) in [4.78, 5) is 38.9. The van der Waals surface area contributed by atoms with Crippen LogP contribution in [0.25, 0.3) is 0 Å². The molecule has 2 N–H and O–H groups in total. The normalized spacial score (nSPS) is 31.8. The highest BCUT2D eigenvalue weighted by Crippen LogP contribution is 2.52. The second-order valence-electron chi connectivity index (χ2n) is 18.1. The summed E-state index contributed by atoms with van der Waals surface area (Å²) >= 11 is 0. The fourth-order valence-corrected chi connectivity index (χ4v) is 11.0. The van der Waals surface area contributed by atoms with Crippen LogP contribution in [0.5, 0.6) is 5.88 Å². The number of methoxy groups -OCH3 is 1. The lowest BCUT2D eigenvalue weighted by Gasteiger charge is -2.42. The predicted octanol–water partition coefficient (Wildman–Crippen LogP) is 8.04. The van der Waals surface area contributed by atoms with Crippen molar-refractivity contribution in [2.75, 3.05) is 34.3 Å². The first-order valence-corrected chi connectivity index (χ1v) is 21.3. The van der Waals surface area contributed by atoms with Gasteiger partial charge in [0, 0.05) is 68.2 Å². The van der Waals surface area contributed by atoms with Crippen LogP contribution in [0, 0.1) is 17.3 Å². The van der Waals surface area contributed by atoms with E-state index in [9.17, 15) is 9.59 Å². The van der Waals surface area contributed by atoms with Crippen LogP contribution in [0.1, 0.15) is 115 Å². The van der Waals surface area contributed by atoms with E-state index >= 15 is 4.39 Å². The minimum absolute atomic E-state index is 0.129. The molecule has 0 aromatic carbocycles. The highest BCUT2D eigenvalue weighted by Gasteiger charge is 2.48. The molecule has 0 radical (unpaired) electrons. The van der Waals surface area contributed by atoms with Gasteiger partial charge in [0.15, 0.2) is 0 Å². The minimum Gasteiger partial charge on any atom is -0.481 e. The Morgan fingerprint density at radius 3 is 2.63 bits per heavy atom.